The second-order valence-electron chi connectivity index (χ2n) is 13.4. The van der Waals surface area contributed by atoms with E-state index in [1.807, 2.05) is 13.8 Å². The van der Waals surface area contributed by atoms with Crippen LogP contribution in [-0.4, -0.2) is 96.9 Å². The van der Waals surface area contributed by atoms with Gasteiger partial charge >= 0.3 is 35.8 Å². The maximum Gasteiger partial charge on any atom is 0.307 e. The van der Waals surface area contributed by atoms with Gasteiger partial charge in [-0.3, -0.25) is 28.8 Å². The number of carboxylic acid groups (broad SMARTS) is 4. The topological polar surface area (TPSA) is 268 Å². The third-order valence-electron chi connectivity index (χ3n) is 8.60. The van der Waals surface area contributed by atoms with E-state index in [2.05, 4.69) is 0 Å². The molecule has 0 aliphatic carbocycles. The summed E-state index contributed by atoms with van der Waals surface area (Å²) in [6, 6.07) is -0.432. The molecule has 0 fully saturated rings. The molecule has 0 aliphatic rings. The zero-order chi connectivity index (χ0) is 37.7. The van der Waals surface area contributed by atoms with Gasteiger partial charge in [0.25, 0.3) is 0 Å². The van der Waals surface area contributed by atoms with Crippen molar-refractivity contribution in [2.75, 3.05) is 0 Å². The monoisotopic (exact) mass is 705 g/mol. The zero-order valence-electron chi connectivity index (χ0n) is 29.3. The molecular formula is C34H59NO14. The number of hydrogen-bond donors (Lipinski definition) is 7. The normalized spacial score (nSPS) is 17.0. The number of carbonyl (C=O) groups excluding carboxylic acids is 2. The number of aliphatic hydroxyl groups is 2. The molecule has 9 atom stereocenters. The van der Waals surface area contributed by atoms with Gasteiger partial charge in [-0.25, -0.2) is 0 Å². The lowest BCUT2D eigenvalue weighted by molar-refractivity contribution is -0.177. The average Bonchev–Trinajstić information content (AvgIpc) is 2.98. The molecule has 15 heteroatoms. The number of esters is 2. The Morgan fingerprint density at radius 3 is 1.57 bits per heavy atom. The lowest BCUT2D eigenvalue weighted by Crippen LogP contribution is -2.42. The van der Waals surface area contributed by atoms with Gasteiger partial charge in [-0.1, -0.05) is 65.7 Å². The number of nitrogens with two attached hydrogens (primary N) is 1. The number of hydrogen-bond acceptors (Lipinski definition) is 11. The molecule has 0 bridgehead atoms. The van der Waals surface area contributed by atoms with E-state index in [0.29, 0.717) is 19.3 Å². The highest BCUT2D eigenvalue weighted by atomic mass is 16.6. The van der Waals surface area contributed by atoms with Crippen molar-refractivity contribution in [3.63, 3.8) is 0 Å². The van der Waals surface area contributed by atoms with Gasteiger partial charge < -0.3 is 45.8 Å². The molecule has 0 amide bonds. The minimum absolute atomic E-state index is 0.0859. The maximum absolute atomic E-state index is 13.0. The van der Waals surface area contributed by atoms with Crippen LogP contribution in [0, 0.1) is 23.7 Å². The first-order chi connectivity index (χ1) is 22.9. The van der Waals surface area contributed by atoms with Crippen LogP contribution in [0.15, 0.2) is 0 Å². The largest absolute Gasteiger partial charge is 0.481 e. The summed E-state index contributed by atoms with van der Waals surface area (Å²) in [7, 11) is 0. The number of ether oxygens (including phenoxy) is 2. The predicted molar refractivity (Wildman–Crippen MR) is 176 cm³/mol. The van der Waals surface area contributed by atoms with Crippen LogP contribution in [-0.2, 0) is 38.2 Å². The fraction of sp³-hybridized carbons (Fsp3) is 0.824. The number of carboxylic acids is 4. The summed E-state index contributed by atoms with van der Waals surface area (Å²) >= 11 is 0. The molecule has 0 rings (SSSR count). The van der Waals surface area contributed by atoms with Crippen molar-refractivity contribution in [2.24, 2.45) is 29.4 Å². The molecule has 0 unspecified atom stereocenters. The number of aliphatic carboxylic acids is 4. The smallest absolute Gasteiger partial charge is 0.307 e. The van der Waals surface area contributed by atoms with Crippen LogP contribution < -0.4 is 5.73 Å². The van der Waals surface area contributed by atoms with Crippen LogP contribution in [0.2, 0.25) is 0 Å². The first-order valence-electron chi connectivity index (χ1n) is 17.3. The van der Waals surface area contributed by atoms with Crippen LogP contribution in [0.3, 0.4) is 0 Å². The van der Waals surface area contributed by atoms with Gasteiger partial charge in [-0.05, 0) is 38.0 Å². The van der Waals surface area contributed by atoms with Gasteiger partial charge in [0.15, 0.2) is 0 Å². The van der Waals surface area contributed by atoms with E-state index in [0.717, 1.165) is 38.5 Å². The van der Waals surface area contributed by atoms with Crippen molar-refractivity contribution >= 4 is 35.8 Å². The first-order valence-corrected chi connectivity index (χ1v) is 17.3. The number of rotatable bonds is 29. The molecular weight excluding hydrogens is 646 g/mol. The fourth-order valence-corrected chi connectivity index (χ4v) is 5.58. The van der Waals surface area contributed by atoms with E-state index in [9.17, 15) is 49.2 Å². The van der Waals surface area contributed by atoms with Crippen molar-refractivity contribution in [3.8, 4) is 0 Å². The van der Waals surface area contributed by atoms with E-state index in [1.165, 1.54) is 0 Å². The van der Waals surface area contributed by atoms with Crippen LogP contribution in [0.1, 0.15) is 124 Å². The van der Waals surface area contributed by atoms with Crippen LogP contribution in [0.5, 0.6) is 0 Å². The Morgan fingerprint density at radius 1 is 0.633 bits per heavy atom. The lowest BCUT2D eigenvalue weighted by Gasteiger charge is -2.33. The molecule has 0 heterocycles. The molecule has 49 heavy (non-hydrogen) atoms. The number of unbranched alkanes of at least 4 members (excludes halogenated alkanes) is 4. The molecule has 0 aliphatic heterocycles. The Hall–Kier alpha value is -3.30. The molecule has 284 valence electrons. The van der Waals surface area contributed by atoms with Crippen molar-refractivity contribution in [2.45, 2.75) is 154 Å². The minimum atomic E-state index is -1.55. The quantitative estimate of drug-likeness (QED) is 0.0433. The van der Waals surface area contributed by atoms with E-state index in [4.69, 9.17) is 25.4 Å². The van der Waals surface area contributed by atoms with Crippen LogP contribution >= 0.6 is 0 Å². The van der Waals surface area contributed by atoms with Gasteiger partial charge in [0.1, 0.15) is 12.2 Å². The second kappa shape index (κ2) is 24.8. The second-order valence-corrected chi connectivity index (χ2v) is 13.4. The van der Waals surface area contributed by atoms with Gasteiger partial charge in [-0.15, -0.1) is 0 Å². The van der Waals surface area contributed by atoms with Gasteiger partial charge in [0, 0.05) is 12.5 Å². The highest BCUT2D eigenvalue weighted by Crippen LogP contribution is 2.29. The molecule has 8 N–H and O–H groups in total. The highest BCUT2D eigenvalue weighted by molar-refractivity contribution is 5.83. The van der Waals surface area contributed by atoms with Crippen LogP contribution in [0.4, 0.5) is 0 Å². The molecule has 0 aromatic rings. The third kappa shape index (κ3) is 21.4. The van der Waals surface area contributed by atoms with E-state index < -0.39 is 110 Å². The SMILES string of the molecule is CCCC[C@@H](C)[C@H](OC(=O)C[C@@H](CC(=O)O)C(=O)O)[C@@H](C[C@@H](C)CCCCCC[C@H](O)C[C@H](O)[C@@H](C)N)OC(=O)C[C@@H](CC(=O)O)C(=O)O. The summed E-state index contributed by atoms with van der Waals surface area (Å²) in [6.07, 6.45) is 0.203. The molecule has 0 saturated carbocycles. The Morgan fingerprint density at radius 2 is 1.12 bits per heavy atom. The Bertz CT molecular complexity index is 1030. The predicted octanol–water partition coefficient (Wildman–Crippen LogP) is 3.59. The fourth-order valence-electron chi connectivity index (χ4n) is 5.58. The van der Waals surface area contributed by atoms with E-state index in [-0.39, 0.29) is 18.8 Å². The van der Waals surface area contributed by atoms with E-state index in [1.54, 1.807) is 13.8 Å². The summed E-state index contributed by atoms with van der Waals surface area (Å²) in [5.41, 5.74) is 5.64. The summed E-state index contributed by atoms with van der Waals surface area (Å²) in [4.78, 5) is 71.6. The summed E-state index contributed by atoms with van der Waals surface area (Å²) in [5, 5.41) is 57.0. The Balaban J connectivity index is 5.84. The van der Waals surface area contributed by atoms with Crippen molar-refractivity contribution in [1.82, 2.24) is 0 Å². The third-order valence-corrected chi connectivity index (χ3v) is 8.60. The van der Waals surface area contributed by atoms with Crippen molar-refractivity contribution < 1.29 is 68.9 Å². The molecule has 0 saturated heterocycles. The first kappa shape index (κ1) is 45.7. The Labute approximate surface area is 288 Å². The molecule has 0 aromatic heterocycles. The molecule has 15 nitrogen and oxygen atoms in total. The lowest BCUT2D eigenvalue weighted by atomic mass is 9.87. The maximum atomic E-state index is 13.0. The van der Waals surface area contributed by atoms with Gasteiger partial charge in [-0.2, -0.15) is 0 Å². The van der Waals surface area contributed by atoms with Crippen molar-refractivity contribution in [1.29, 1.82) is 0 Å². The molecule has 0 radical (unpaired) electrons. The number of carbonyl (C=O) groups is 6. The summed E-state index contributed by atoms with van der Waals surface area (Å²) < 4.78 is 11.5. The zero-order valence-corrected chi connectivity index (χ0v) is 29.3. The molecule has 0 aromatic carbocycles. The average molecular weight is 706 g/mol. The Kier molecular flexibility index (Phi) is 23.1. The minimum Gasteiger partial charge on any atom is -0.481 e. The standard InChI is InChI=1S/C34H59NO14/c1-5-6-12-21(3)32(49-31(43)18-24(34(46)47)16-29(40)41)27(48-30(42)17-23(33(44)45)15-28(38)39)14-20(2)11-9-7-8-10-13-25(36)19-26(37)22(4)35/h20-27,32,36-37H,5-19,35H2,1-4H3,(H,38,39)(H,40,41)(H,44,45)(H,46,47)/t20-,21+,22+,23+,24+,25-,26-,27+,32-/m0/s1. The molecule has 0 spiro atoms. The highest BCUT2D eigenvalue weighted by Gasteiger charge is 2.37. The van der Waals surface area contributed by atoms with E-state index >= 15 is 0 Å². The van der Waals surface area contributed by atoms with Gasteiger partial charge in [0.2, 0.25) is 0 Å². The van der Waals surface area contributed by atoms with Crippen molar-refractivity contribution in [3.05, 3.63) is 0 Å². The van der Waals surface area contributed by atoms with Gasteiger partial charge in [0.05, 0.1) is 49.7 Å². The summed E-state index contributed by atoms with van der Waals surface area (Å²) in [6.45, 7) is 7.31. The number of aliphatic hydroxyl groups excluding tert-OH is 2. The summed E-state index contributed by atoms with van der Waals surface area (Å²) in [5.74, 6) is -11.3. The van der Waals surface area contributed by atoms with Crippen LogP contribution in [0.25, 0.3) is 0 Å².